The van der Waals surface area contributed by atoms with Crippen LogP contribution in [0, 0.1) is 0 Å². The van der Waals surface area contributed by atoms with Crippen LogP contribution in [0.2, 0.25) is 0 Å². The van der Waals surface area contributed by atoms with E-state index >= 15 is 0 Å². The SMILES string of the molecule is CCCCOC1COC(C)C(OCCCC)C1OCCCC. The monoisotopic (exact) mass is 316 g/mol. The molecule has 0 N–H and O–H groups in total. The summed E-state index contributed by atoms with van der Waals surface area (Å²) < 4.78 is 24.1. The topological polar surface area (TPSA) is 36.9 Å². The van der Waals surface area contributed by atoms with Gasteiger partial charge >= 0.3 is 0 Å². The van der Waals surface area contributed by atoms with Crippen molar-refractivity contribution in [2.45, 2.75) is 90.6 Å². The van der Waals surface area contributed by atoms with Gasteiger partial charge < -0.3 is 18.9 Å². The molecule has 4 unspecified atom stereocenters. The maximum atomic E-state index is 6.15. The van der Waals surface area contributed by atoms with Gasteiger partial charge in [0.15, 0.2) is 0 Å². The molecule has 132 valence electrons. The molecule has 1 aliphatic heterocycles. The van der Waals surface area contributed by atoms with Gasteiger partial charge in [0.25, 0.3) is 0 Å². The Bertz CT molecular complexity index is 259. The average Bonchev–Trinajstić information content (AvgIpc) is 2.52. The maximum absolute atomic E-state index is 6.15. The Hall–Kier alpha value is -0.160. The van der Waals surface area contributed by atoms with E-state index in [2.05, 4.69) is 27.7 Å². The molecule has 0 spiro atoms. The van der Waals surface area contributed by atoms with Gasteiger partial charge in [0, 0.05) is 19.8 Å². The van der Waals surface area contributed by atoms with Gasteiger partial charge in [-0.25, -0.2) is 0 Å². The molecule has 1 rings (SSSR count). The molecule has 1 fully saturated rings. The van der Waals surface area contributed by atoms with Crippen molar-refractivity contribution < 1.29 is 18.9 Å². The molecule has 0 radical (unpaired) electrons. The molecule has 1 aliphatic rings. The zero-order chi connectivity index (χ0) is 16.2. The van der Waals surface area contributed by atoms with E-state index in [1.165, 1.54) is 0 Å². The minimum Gasteiger partial charge on any atom is -0.373 e. The second kappa shape index (κ2) is 12.3. The third-order valence-corrected chi connectivity index (χ3v) is 4.12. The van der Waals surface area contributed by atoms with E-state index in [0.717, 1.165) is 58.3 Å². The summed E-state index contributed by atoms with van der Waals surface area (Å²) in [6.45, 7) is 11.5. The third kappa shape index (κ3) is 6.95. The molecule has 4 heteroatoms. The van der Waals surface area contributed by atoms with Gasteiger partial charge in [0.2, 0.25) is 0 Å². The van der Waals surface area contributed by atoms with E-state index in [-0.39, 0.29) is 24.4 Å². The Morgan fingerprint density at radius 1 is 0.773 bits per heavy atom. The zero-order valence-electron chi connectivity index (χ0n) is 15.0. The first-order chi connectivity index (χ1) is 10.7. The smallest absolute Gasteiger partial charge is 0.115 e. The van der Waals surface area contributed by atoms with Crippen LogP contribution in [-0.4, -0.2) is 50.8 Å². The first-order valence-electron chi connectivity index (χ1n) is 9.20. The van der Waals surface area contributed by atoms with Crippen molar-refractivity contribution in [3.8, 4) is 0 Å². The fourth-order valence-corrected chi connectivity index (χ4v) is 2.60. The van der Waals surface area contributed by atoms with Crippen LogP contribution in [0.15, 0.2) is 0 Å². The van der Waals surface area contributed by atoms with Crippen molar-refractivity contribution in [2.75, 3.05) is 26.4 Å². The minimum atomic E-state index is -0.0243. The number of hydrogen-bond acceptors (Lipinski definition) is 4. The van der Waals surface area contributed by atoms with Crippen LogP contribution in [0.25, 0.3) is 0 Å². The molecular weight excluding hydrogens is 280 g/mol. The largest absolute Gasteiger partial charge is 0.373 e. The van der Waals surface area contributed by atoms with E-state index in [4.69, 9.17) is 18.9 Å². The van der Waals surface area contributed by atoms with Crippen molar-refractivity contribution in [1.82, 2.24) is 0 Å². The molecular formula is C18H36O4. The number of rotatable bonds is 12. The highest BCUT2D eigenvalue weighted by molar-refractivity contribution is 4.88. The van der Waals surface area contributed by atoms with Gasteiger partial charge in [-0.05, 0) is 26.2 Å². The highest BCUT2D eigenvalue weighted by Crippen LogP contribution is 2.24. The first-order valence-corrected chi connectivity index (χ1v) is 9.20. The predicted octanol–water partition coefficient (Wildman–Crippen LogP) is 3.96. The second-order valence-electron chi connectivity index (χ2n) is 6.18. The summed E-state index contributed by atoms with van der Waals surface area (Å²) in [6.07, 6.45) is 6.67. The molecule has 0 aromatic rings. The summed E-state index contributed by atoms with van der Waals surface area (Å²) >= 11 is 0. The second-order valence-corrected chi connectivity index (χ2v) is 6.18. The lowest BCUT2D eigenvalue weighted by atomic mass is 10.00. The highest BCUT2D eigenvalue weighted by Gasteiger charge is 2.40. The van der Waals surface area contributed by atoms with Crippen molar-refractivity contribution in [1.29, 1.82) is 0 Å². The van der Waals surface area contributed by atoms with Gasteiger partial charge in [0.1, 0.15) is 18.3 Å². The quantitative estimate of drug-likeness (QED) is 0.511. The summed E-state index contributed by atoms with van der Waals surface area (Å²) in [5, 5.41) is 0. The Morgan fingerprint density at radius 2 is 1.27 bits per heavy atom. The van der Waals surface area contributed by atoms with Crippen molar-refractivity contribution in [3.05, 3.63) is 0 Å². The molecule has 1 saturated heterocycles. The van der Waals surface area contributed by atoms with Gasteiger partial charge in [-0.15, -0.1) is 0 Å². The van der Waals surface area contributed by atoms with Crippen LogP contribution < -0.4 is 0 Å². The summed E-state index contributed by atoms with van der Waals surface area (Å²) in [5.41, 5.74) is 0. The first kappa shape index (κ1) is 19.9. The number of ether oxygens (including phenoxy) is 4. The third-order valence-electron chi connectivity index (χ3n) is 4.12. The normalized spacial score (nSPS) is 28.9. The van der Waals surface area contributed by atoms with Crippen LogP contribution in [0.5, 0.6) is 0 Å². The van der Waals surface area contributed by atoms with Crippen molar-refractivity contribution >= 4 is 0 Å². The lowest BCUT2D eigenvalue weighted by Gasteiger charge is -2.41. The number of hydrogen-bond donors (Lipinski definition) is 0. The van der Waals surface area contributed by atoms with Crippen molar-refractivity contribution in [3.63, 3.8) is 0 Å². The van der Waals surface area contributed by atoms with Gasteiger partial charge in [-0.3, -0.25) is 0 Å². The molecule has 0 aliphatic carbocycles. The van der Waals surface area contributed by atoms with Crippen LogP contribution in [-0.2, 0) is 18.9 Å². The Labute approximate surface area is 136 Å². The lowest BCUT2D eigenvalue weighted by Crippen LogP contribution is -2.55. The Morgan fingerprint density at radius 3 is 1.82 bits per heavy atom. The Balaban J connectivity index is 2.59. The predicted molar refractivity (Wildman–Crippen MR) is 89.4 cm³/mol. The lowest BCUT2D eigenvalue weighted by molar-refractivity contribution is -0.226. The molecule has 4 nitrogen and oxygen atoms in total. The van der Waals surface area contributed by atoms with Gasteiger partial charge in [0.05, 0.1) is 12.7 Å². The van der Waals surface area contributed by atoms with E-state index in [1.54, 1.807) is 0 Å². The Kier molecular flexibility index (Phi) is 11.1. The fourth-order valence-electron chi connectivity index (χ4n) is 2.60. The van der Waals surface area contributed by atoms with Crippen LogP contribution in [0.3, 0.4) is 0 Å². The van der Waals surface area contributed by atoms with Crippen LogP contribution in [0.4, 0.5) is 0 Å². The summed E-state index contributed by atoms with van der Waals surface area (Å²) in [7, 11) is 0. The standard InChI is InChI=1S/C18H36O4/c1-5-8-11-19-16-14-22-15(4)17(20-12-9-6-2)18(16)21-13-10-7-3/h15-18H,5-14H2,1-4H3. The molecule has 0 aromatic heterocycles. The molecule has 0 bridgehead atoms. The van der Waals surface area contributed by atoms with Gasteiger partial charge in [-0.2, -0.15) is 0 Å². The van der Waals surface area contributed by atoms with E-state index in [9.17, 15) is 0 Å². The van der Waals surface area contributed by atoms with E-state index in [1.807, 2.05) is 0 Å². The summed E-state index contributed by atoms with van der Waals surface area (Å²) in [6, 6.07) is 0. The minimum absolute atomic E-state index is 0.00812. The van der Waals surface area contributed by atoms with E-state index < -0.39 is 0 Å². The van der Waals surface area contributed by atoms with Crippen LogP contribution >= 0.6 is 0 Å². The summed E-state index contributed by atoms with van der Waals surface area (Å²) in [5.74, 6) is 0. The number of unbranched alkanes of at least 4 members (excludes halogenated alkanes) is 3. The molecule has 0 aromatic carbocycles. The van der Waals surface area contributed by atoms with E-state index in [0.29, 0.717) is 6.61 Å². The average molecular weight is 316 g/mol. The molecule has 22 heavy (non-hydrogen) atoms. The molecule has 0 amide bonds. The summed E-state index contributed by atoms with van der Waals surface area (Å²) in [4.78, 5) is 0. The fraction of sp³-hybridized carbons (Fsp3) is 1.00. The molecule has 1 heterocycles. The molecule has 4 atom stereocenters. The molecule has 0 saturated carbocycles. The van der Waals surface area contributed by atoms with Gasteiger partial charge in [-0.1, -0.05) is 40.0 Å². The van der Waals surface area contributed by atoms with Crippen LogP contribution in [0.1, 0.15) is 66.2 Å². The van der Waals surface area contributed by atoms with Crippen molar-refractivity contribution in [2.24, 2.45) is 0 Å². The highest BCUT2D eigenvalue weighted by atomic mass is 16.6. The zero-order valence-corrected chi connectivity index (χ0v) is 15.0. The maximum Gasteiger partial charge on any atom is 0.115 e.